The van der Waals surface area contributed by atoms with Crippen molar-refractivity contribution in [1.29, 1.82) is 0 Å². The van der Waals surface area contributed by atoms with E-state index in [1.54, 1.807) is 11.7 Å². The van der Waals surface area contributed by atoms with Crippen LogP contribution in [0.3, 0.4) is 0 Å². The molecule has 2 heterocycles. The van der Waals surface area contributed by atoms with Crippen LogP contribution in [0.25, 0.3) is 21.8 Å². The number of hydrogen-bond acceptors (Lipinski definition) is 5. The number of nitrogens with one attached hydrogen (secondary N) is 1. The van der Waals surface area contributed by atoms with Crippen molar-refractivity contribution in [3.63, 3.8) is 0 Å². The molecule has 0 amide bonds. The van der Waals surface area contributed by atoms with Gasteiger partial charge in [0.2, 0.25) is 0 Å². The molecule has 0 unspecified atom stereocenters. The van der Waals surface area contributed by atoms with E-state index in [1.807, 2.05) is 18.2 Å². The maximum atomic E-state index is 12.9. The summed E-state index contributed by atoms with van der Waals surface area (Å²) in [5.74, 6) is 0.733. The van der Waals surface area contributed by atoms with Crippen LogP contribution in [0, 0.1) is 0 Å². The third-order valence-electron chi connectivity index (χ3n) is 5.18. The summed E-state index contributed by atoms with van der Waals surface area (Å²) in [7, 11) is 1.63. The van der Waals surface area contributed by atoms with Gasteiger partial charge in [-0.3, -0.25) is 4.79 Å². The first-order valence-corrected chi connectivity index (χ1v) is 8.96. The topological polar surface area (TPSA) is 69.3 Å². The molecule has 0 spiro atoms. The molecule has 1 saturated carbocycles. The maximum Gasteiger partial charge on any atom is 0.281 e. The predicted molar refractivity (Wildman–Crippen MR) is 97.2 cm³/mol. The zero-order valence-electron chi connectivity index (χ0n) is 14.5. The van der Waals surface area contributed by atoms with Crippen molar-refractivity contribution in [1.82, 2.24) is 15.0 Å². The summed E-state index contributed by atoms with van der Waals surface area (Å²) in [4.78, 5) is 12.9. The molecule has 0 aliphatic heterocycles. The van der Waals surface area contributed by atoms with Gasteiger partial charge < -0.3 is 19.1 Å². The fraction of sp³-hybridized carbons (Fsp3) is 0.474. The van der Waals surface area contributed by atoms with E-state index in [9.17, 15) is 4.79 Å². The van der Waals surface area contributed by atoms with Gasteiger partial charge in [-0.2, -0.15) is 0 Å². The van der Waals surface area contributed by atoms with Crippen molar-refractivity contribution >= 4 is 21.8 Å². The Morgan fingerprint density at radius 3 is 2.92 bits per heavy atom. The number of fused-ring (bicyclic) bond motifs is 3. The van der Waals surface area contributed by atoms with E-state index in [4.69, 9.17) is 9.26 Å². The van der Waals surface area contributed by atoms with E-state index in [1.165, 1.54) is 38.4 Å². The summed E-state index contributed by atoms with van der Waals surface area (Å²) in [5, 5.41) is 9.21. The van der Waals surface area contributed by atoms with Crippen LogP contribution in [0.15, 0.2) is 33.8 Å². The molecule has 0 atom stereocenters. The molecule has 25 heavy (non-hydrogen) atoms. The lowest BCUT2D eigenvalue weighted by Gasteiger charge is -2.23. The maximum absolute atomic E-state index is 12.9. The molecular formula is C19H23N3O3. The Bertz CT molecular complexity index is 938. The van der Waals surface area contributed by atoms with E-state index >= 15 is 0 Å². The number of nitrogens with zero attached hydrogens (tertiary/aromatic N) is 2. The van der Waals surface area contributed by atoms with Gasteiger partial charge in [0.1, 0.15) is 12.0 Å². The Labute approximate surface area is 145 Å². The van der Waals surface area contributed by atoms with Crippen molar-refractivity contribution in [2.45, 2.75) is 44.7 Å². The molecule has 1 fully saturated rings. The Morgan fingerprint density at radius 2 is 2.12 bits per heavy atom. The van der Waals surface area contributed by atoms with Crippen molar-refractivity contribution < 1.29 is 9.26 Å². The first kappa shape index (κ1) is 16.1. The second-order valence-electron chi connectivity index (χ2n) is 6.71. The lowest BCUT2D eigenvalue weighted by molar-refractivity contribution is 0.368. The zero-order chi connectivity index (χ0) is 17.2. The number of ether oxygens (including phenoxy) is 1. The normalized spacial score (nSPS) is 15.9. The SMILES string of the molecule is COc1ccc2c3conc3c(=O)n(CCNC3CCCCC3)c2c1. The standard InChI is InChI=1S/C19H23N3O3/c1-24-14-7-8-15-16-12-25-21-18(16)19(23)22(17(15)11-14)10-9-20-13-5-3-2-4-6-13/h7-8,11-13,20H,2-6,9-10H2,1H3. The van der Waals surface area contributed by atoms with E-state index in [2.05, 4.69) is 10.5 Å². The summed E-state index contributed by atoms with van der Waals surface area (Å²) in [6.45, 7) is 1.36. The molecule has 6 nitrogen and oxygen atoms in total. The summed E-state index contributed by atoms with van der Waals surface area (Å²) in [6, 6.07) is 6.33. The first-order chi connectivity index (χ1) is 12.3. The molecule has 0 radical (unpaired) electrons. The highest BCUT2D eigenvalue weighted by atomic mass is 16.5. The molecule has 1 aliphatic carbocycles. The van der Waals surface area contributed by atoms with Crippen LogP contribution in [-0.4, -0.2) is 29.4 Å². The zero-order valence-corrected chi connectivity index (χ0v) is 14.5. The third kappa shape index (κ3) is 3.02. The van der Waals surface area contributed by atoms with Crippen LogP contribution in [0.4, 0.5) is 0 Å². The molecule has 0 bridgehead atoms. The third-order valence-corrected chi connectivity index (χ3v) is 5.18. The van der Waals surface area contributed by atoms with Crippen LogP contribution in [0.2, 0.25) is 0 Å². The average Bonchev–Trinajstić information content (AvgIpc) is 3.15. The van der Waals surface area contributed by atoms with Crippen LogP contribution in [0.5, 0.6) is 5.75 Å². The van der Waals surface area contributed by atoms with Gasteiger partial charge in [-0.25, -0.2) is 0 Å². The van der Waals surface area contributed by atoms with Crippen LogP contribution in [-0.2, 0) is 6.54 Å². The highest BCUT2D eigenvalue weighted by molar-refractivity contribution is 6.04. The number of aromatic nitrogens is 2. The quantitative estimate of drug-likeness (QED) is 0.772. The Kier molecular flexibility index (Phi) is 4.44. The highest BCUT2D eigenvalue weighted by Gasteiger charge is 2.16. The van der Waals surface area contributed by atoms with E-state index in [-0.39, 0.29) is 5.56 Å². The number of pyridine rings is 1. The average molecular weight is 341 g/mol. The molecule has 6 heteroatoms. The molecule has 0 saturated heterocycles. The minimum atomic E-state index is -0.116. The predicted octanol–water partition coefficient (Wildman–Crippen LogP) is 3.07. The highest BCUT2D eigenvalue weighted by Crippen LogP contribution is 2.26. The number of methoxy groups -OCH3 is 1. The van der Waals surface area contributed by atoms with Crippen LogP contribution in [0.1, 0.15) is 32.1 Å². The van der Waals surface area contributed by atoms with Gasteiger partial charge in [0, 0.05) is 30.6 Å². The minimum absolute atomic E-state index is 0.116. The van der Waals surface area contributed by atoms with E-state index in [0.717, 1.165) is 28.6 Å². The van der Waals surface area contributed by atoms with Crippen molar-refractivity contribution in [3.8, 4) is 5.75 Å². The minimum Gasteiger partial charge on any atom is -0.497 e. The largest absolute Gasteiger partial charge is 0.497 e. The first-order valence-electron chi connectivity index (χ1n) is 8.96. The van der Waals surface area contributed by atoms with Gasteiger partial charge in [0.05, 0.1) is 18.0 Å². The van der Waals surface area contributed by atoms with Gasteiger partial charge in [0.25, 0.3) is 5.56 Å². The second-order valence-corrected chi connectivity index (χ2v) is 6.71. The molecule has 3 aromatic rings. The molecule has 1 aliphatic rings. The fourth-order valence-electron chi connectivity index (χ4n) is 3.82. The molecular weight excluding hydrogens is 318 g/mol. The van der Waals surface area contributed by atoms with E-state index in [0.29, 0.717) is 18.1 Å². The molecule has 1 aromatic carbocycles. The van der Waals surface area contributed by atoms with Gasteiger partial charge >= 0.3 is 0 Å². The van der Waals surface area contributed by atoms with Gasteiger partial charge in [-0.05, 0) is 25.0 Å². The summed E-state index contributed by atoms with van der Waals surface area (Å²) >= 11 is 0. The number of hydrogen-bond donors (Lipinski definition) is 1. The summed E-state index contributed by atoms with van der Waals surface area (Å²) < 4.78 is 12.2. The van der Waals surface area contributed by atoms with Crippen molar-refractivity contribution in [2.24, 2.45) is 0 Å². The molecule has 2 aromatic heterocycles. The summed E-state index contributed by atoms with van der Waals surface area (Å²) in [6.07, 6.45) is 7.92. The van der Waals surface area contributed by atoms with Gasteiger partial charge in [0.15, 0.2) is 5.52 Å². The van der Waals surface area contributed by atoms with Crippen molar-refractivity contribution in [2.75, 3.05) is 13.7 Å². The summed E-state index contributed by atoms with van der Waals surface area (Å²) in [5.41, 5.74) is 1.12. The second kappa shape index (κ2) is 6.88. The molecule has 132 valence electrons. The van der Waals surface area contributed by atoms with Gasteiger partial charge in [-0.1, -0.05) is 24.4 Å². The lowest BCUT2D eigenvalue weighted by atomic mass is 9.95. The Balaban J connectivity index is 1.69. The lowest BCUT2D eigenvalue weighted by Crippen LogP contribution is -2.35. The fourth-order valence-corrected chi connectivity index (χ4v) is 3.82. The number of rotatable bonds is 5. The van der Waals surface area contributed by atoms with Crippen molar-refractivity contribution in [3.05, 3.63) is 34.8 Å². The number of benzene rings is 1. The monoisotopic (exact) mass is 341 g/mol. The molecule has 4 rings (SSSR count). The van der Waals surface area contributed by atoms with Crippen LogP contribution < -0.4 is 15.6 Å². The van der Waals surface area contributed by atoms with Crippen LogP contribution >= 0.6 is 0 Å². The van der Waals surface area contributed by atoms with Gasteiger partial charge in [-0.15, -0.1) is 0 Å². The van der Waals surface area contributed by atoms with E-state index < -0.39 is 0 Å². The Morgan fingerprint density at radius 1 is 1.28 bits per heavy atom. The Hall–Kier alpha value is -2.34. The smallest absolute Gasteiger partial charge is 0.281 e. The molecule has 1 N–H and O–H groups in total.